The lowest BCUT2D eigenvalue weighted by atomic mass is 9.90. The third-order valence-corrected chi connectivity index (χ3v) is 4.21. The predicted octanol–water partition coefficient (Wildman–Crippen LogP) is 2.91. The summed E-state index contributed by atoms with van der Waals surface area (Å²) >= 11 is 0. The van der Waals surface area contributed by atoms with E-state index in [0.717, 1.165) is 32.6 Å². The predicted molar refractivity (Wildman–Crippen MR) is 82.3 cm³/mol. The molecule has 1 aliphatic rings. The van der Waals surface area contributed by atoms with Crippen LogP contribution in [-0.4, -0.2) is 43.0 Å². The first-order valence-electron chi connectivity index (χ1n) is 7.41. The molecule has 0 aromatic heterocycles. The molecule has 108 valence electrons. The molecule has 1 aromatic carbocycles. The Labute approximate surface area is 122 Å². The van der Waals surface area contributed by atoms with E-state index in [1.165, 1.54) is 5.56 Å². The molecule has 3 nitrogen and oxygen atoms in total. The first-order valence-corrected chi connectivity index (χ1v) is 7.41. The van der Waals surface area contributed by atoms with Gasteiger partial charge in [-0.2, -0.15) is 5.26 Å². The lowest BCUT2D eigenvalue weighted by Crippen LogP contribution is -2.47. The van der Waals surface area contributed by atoms with Crippen LogP contribution in [-0.2, 0) is 0 Å². The second-order valence-electron chi connectivity index (χ2n) is 6.47. The van der Waals surface area contributed by atoms with E-state index < -0.39 is 0 Å². The second kappa shape index (κ2) is 6.39. The van der Waals surface area contributed by atoms with Gasteiger partial charge in [0.1, 0.15) is 0 Å². The van der Waals surface area contributed by atoms with Crippen LogP contribution in [0, 0.1) is 16.7 Å². The second-order valence-corrected chi connectivity index (χ2v) is 6.47. The van der Waals surface area contributed by atoms with Gasteiger partial charge in [-0.1, -0.05) is 30.3 Å². The summed E-state index contributed by atoms with van der Waals surface area (Å²) in [6, 6.07) is 13.6. The van der Waals surface area contributed by atoms with Crippen molar-refractivity contribution in [1.82, 2.24) is 9.80 Å². The SMILES string of the molecule is CN1CCN(CCC(C)(C)C#N)C(c2ccccc2)C1. The van der Waals surface area contributed by atoms with Crippen LogP contribution in [0.4, 0.5) is 0 Å². The van der Waals surface area contributed by atoms with Crippen molar-refractivity contribution in [2.75, 3.05) is 33.2 Å². The van der Waals surface area contributed by atoms with Gasteiger partial charge < -0.3 is 4.90 Å². The van der Waals surface area contributed by atoms with E-state index in [1.54, 1.807) is 0 Å². The van der Waals surface area contributed by atoms with Crippen molar-refractivity contribution in [3.8, 4) is 6.07 Å². The van der Waals surface area contributed by atoms with Crippen molar-refractivity contribution >= 4 is 0 Å². The maximum atomic E-state index is 9.17. The smallest absolute Gasteiger partial charge is 0.0684 e. The van der Waals surface area contributed by atoms with E-state index in [0.29, 0.717) is 6.04 Å². The highest BCUT2D eigenvalue weighted by Crippen LogP contribution is 2.27. The fraction of sp³-hybridized carbons (Fsp3) is 0.588. The molecule has 3 heteroatoms. The molecule has 0 N–H and O–H groups in total. The summed E-state index contributed by atoms with van der Waals surface area (Å²) in [5, 5.41) is 9.17. The molecule has 1 saturated heterocycles. The van der Waals surface area contributed by atoms with Gasteiger partial charge in [-0.25, -0.2) is 0 Å². The zero-order chi connectivity index (χ0) is 14.6. The van der Waals surface area contributed by atoms with Gasteiger partial charge >= 0.3 is 0 Å². The van der Waals surface area contributed by atoms with Gasteiger partial charge in [-0.15, -0.1) is 0 Å². The van der Waals surface area contributed by atoms with E-state index in [4.69, 9.17) is 0 Å². The molecule has 0 aliphatic carbocycles. The summed E-state index contributed by atoms with van der Waals surface area (Å²) in [6.07, 6.45) is 0.927. The fourth-order valence-electron chi connectivity index (χ4n) is 2.70. The minimum absolute atomic E-state index is 0.232. The summed E-state index contributed by atoms with van der Waals surface area (Å²) in [7, 11) is 2.19. The summed E-state index contributed by atoms with van der Waals surface area (Å²) in [6.45, 7) is 8.31. The quantitative estimate of drug-likeness (QED) is 0.843. The number of nitriles is 1. The van der Waals surface area contributed by atoms with Crippen molar-refractivity contribution in [1.29, 1.82) is 5.26 Å². The molecule has 0 bridgehead atoms. The molecule has 1 fully saturated rings. The van der Waals surface area contributed by atoms with Crippen LogP contribution >= 0.6 is 0 Å². The normalized spacial score (nSPS) is 21.6. The van der Waals surface area contributed by atoms with Gasteiger partial charge in [0.2, 0.25) is 0 Å². The van der Waals surface area contributed by atoms with Crippen LogP contribution in [0.1, 0.15) is 31.9 Å². The molecule has 0 amide bonds. The molecular formula is C17H25N3. The summed E-state index contributed by atoms with van der Waals surface area (Å²) in [5.41, 5.74) is 1.15. The minimum Gasteiger partial charge on any atom is -0.303 e. The van der Waals surface area contributed by atoms with Crippen LogP contribution in [0.3, 0.4) is 0 Å². The molecule has 0 saturated carbocycles. The Hall–Kier alpha value is -1.37. The molecule has 20 heavy (non-hydrogen) atoms. The zero-order valence-corrected chi connectivity index (χ0v) is 12.8. The van der Waals surface area contributed by atoms with E-state index in [-0.39, 0.29) is 5.41 Å². The molecule has 1 aliphatic heterocycles. The van der Waals surface area contributed by atoms with Crippen LogP contribution in [0.25, 0.3) is 0 Å². The molecular weight excluding hydrogens is 246 g/mol. The average molecular weight is 271 g/mol. The number of likely N-dealkylation sites (N-methyl/N-ethyl adjacent to an activating group) is 1. The van der Waals surface area contributed by atoms with Crippen molar-refractivity contribution in [3.63, 3.8) is 0 Å². The molecule has 1 heterocycles. The molecule has 1 unspecified atom stereocenters. The highest BCUT2D eigenvalue weighted by Gasteiger charge is 2.28. The zero-order valence-electron chi connectivity index (χ0n) is 12.8. The van der Waals surface area contributed by atoms with Gasteiger partial charge in [0.05, 0.1) is 11.5 Å². The first-order chi connectivity index (χ1) is 9.52. The fourth-order valence-corrected chi connectivity index (χ4v) is 2.70. The van der Waals surface area contributed by atoms with E-state index >= 15 is 0 Å². The Bertz CT molecular complexity index is 461. The highest BCUT2D eigenvalue weighted by atomic mass is 15.3. The van der Waals surface area contributed by atoms with Crippen molar-refractivity contribution in [2.24, 2.45) is 5.41 Å². The van der Waals surface area contributed by atoms with Gasteiger partial charge in [-0.05, 0) is 32.9 Å². The largest absolute Gasteiger partial charge is 0.303 e. The molecule has 2 rings (SSSR count). The number of nitrogens with zero attached hydrogens (tertiary/aromatic N) is 3. The first kappa shape index (κ1) is 15.0. The van der Waals surface area contributed by atoms with Crippen LogP contribution in [0.2, 0.25) is 0 Å². The molecule has 1 atom stereocenters. The lowest BCUT2D eigenvalue weighted by molar-refractivity contribution is 0.0822. The van der Waals surface area contributed by atoms with Gasteiger partial charge in [0, 0.05) is 32.2 Å². The van der Waals surface area contributed by atoms with E-state index in [1.807, 2.05) is 13.8 Å². The molecule has 0 spiro atoms. The lowest BCUT2D eigenvalue weighted by Gasteiger charge is -2.41. The molecule has 0 radical (unpaired) electrons. The van der Waals surface area contributed by atoms with Crippen LogP contribution in [0.5, 0.6) is 0 Å². The Morgan fingerprint density at radius 1 is 1.25 bits per heavy atom. The van der Waals surface area contributed by atoms with Crippen molar-refractivity contribution < 1.29 is 0 Å². The maximum Gasteiger partial charge on any atom is 0.0684 e. The van der Waals surface area contributed by atoms with Crippen LogP contribution < -0.4 is 0 Å². The average Bonchev–Trinajstić information content (AvgIpc) is 2.47. The van der Waals surface area contributed by atoms with Crippen LogP contribution in [0.15, 0.2) is 30.3 Å². The topological polar surface area (TPSA) is 30.3 Å². The summed E-state index contributed by atoms with van der Waals surface area (Å²) in [5.74, 6) is 0. The minimum atomic E-state index is -0.232. The number of piperazine rings is 1. The van der Waals surface area contributed by atoms with Gasteiger partial charge in [-0.3, -0.25) is 4.90 Å². The van der Waals surface area contributed by atoms with E-state index in [2.05, 4.69) is 53.2 Å². The Morgan fingerprint density at radius 3 is 2.60 bits per heavy atom. The third kappa shape index (κ3) is 3.82. The Balaban J connectivity index is 2.07. The summed E-state index contributed by atoms with van der Waals surface area (Å²) < 4.78 is 0. The number of benzene rings is 1. The van der Waals surface area contributed by atoms with Crippen molar-refractivity contribution in [2.45, 2.75) is 26.3 Å². The number of hydrogen-bond acceptors (Lipinski definition) is 3. The third-order valence-electron chi connectivity index (χ3n) is 4.21. The Kier molecular flexibility index (Phi) is 4.80. The maximum absolute atomic E-state index is 9.17. The van der Waals surface area contributed by atoms with E-state index in [9.17, 15) is 5.26 Å². The summed E-state index contributed by atoms with van der Waals surface area (Å²) in [4.78, 5) is 4.93. The number of hydrogen-bond donors (Lipinski definition) is 0. The van der Waals surface area contributed by atoms with Gasteiger partial charge in [0.25, 0.3) is 0 Å². The number of rotatable bonds is 4. The molecule has 1 aromatic rings. The monoisotopic (exact) mass is 271 g/mol. The Morgan fingerprint density at radius 2 is 1.95 bits per heavy atom. The highest BCUT2D eigenvalue weighted by molar-refractivity contribution is 5.20. The van der Waals surface area contributed by atoms with Gasteiger partial charge in [0.15, 0.2) is 0 Å². The van der Waals surface area contributed by atoms with Crippen molar-refractivity contribution in [3.05, 3.63) is 35.9 Å². The standard InChI is InChI=1S/C17H25N3/c1-17(2,14-18)9-10-20-12-11-19(3)13-16(20)15-7-5-4-6-8-15/h4-8,16H,9-13H2,1-3H3.